The Morgan fingerprint density at radius 2 is 1.56 bits per heavy atom. The van der Waals surface area contributed by atoms with Crippen LogP contribution in [0.5, 0.6) is 0 Å². The second-order valence-electron chi connectivity index (χ2n) is 6.38. The van der Waals surface area contributed by atoms with Crippen molar-refractivity contribution in [2.24, 2.45) is 0 Å². The molecule has 2 amide bonds. The number of hydrogen-bond acceptors (Lipinski definition) is 4. The summed E-state index contributed by atoms with van der Waals surface area (Å²) in [5.74, 6) is -1.24. The van der Waals surface area contributed by atoms with Gasteiger partial charge in [-0.05, 0) is 42.5 Å². The van der Waals surface area contributed by atoms with Gasteiger partial charge in [0, 0.05) is 50.0 Å². The lowest BCUT2D eigenvalue weighted by Crippen LogP contribution is -2.48. The van der Waals surface area contributed by atoms with Gasteiger partial charge < -0.3 is 20.2 Å². The Labute approximate surface area is 157 Å². The summed E-state index contributed by atoms with van der Waals surface area (Å²) in [6.45, 7) is 4.43. The summed E-state index contributed by atoms with van der Waals surface area (Å²) < 4.78 is 0. The van der Waals surface area contributed by atoms with Crippen LogP contribution in [0.15, 0.2) is 48.5 Å². The number of piperazine rings is 1. The van der Waals surface area contributed by atoms with Gasteiger partial charge in [-0.1, -0.05) is 6.07 Å². The van der Waals surface area contributed by atoms with Crippen LogP contribution in [-0.4, -0.2) is 54.0 Å². The Morgan fingerprint density at radius 1 is 0.926 bits per heavy atom. The highest BCUT2D eigenvalue weighted by molar-refractivity contribution is 6.05. The van der Waals surface area contributed by atoms with Crippen LogP contribution >= 0.6 is 0 Å². The molecule has 2 aromatic rings. The fourth-order valence-electron chi connectivity index (χ4n) is 3.03. The van der Waals surface area contributed by atoms with Gasteiger partial charge in [-0.3, -0.25) is 9.59 Å². The minimum absolute atomic E-state index is 0.0876. The van der Waals surface area contributed by atoms with Gasteiger partial charge in [0.2, 0.25) is 5.91 Å². The maximum absolute atomic E-state index is 12.4. The highest BCUT2D eigenvalue weighted by atomic mass is 16.4. The summed E-state index contributed by atoms with van der Waals surface area (Å²) in [5.41, 5.74) is 2.17. The van der Waals surface area contributed by atoms with E-state index in [-0.39, 0.29) is 17.4 Å². The zero-order valence-corrected chi connectivity index (χ0v) is 15.0. The Bertz CT molecular complexity index is 856. The van der Waals surface area contributed by atoms with Crippen LogP contribution in [0.1, 0.15) is 27.6 Å². The van der Waals surface area contributed by atoms with Gasteiger partial charge in [-0.25, -0.2) is 4.79 Å². The third kappa shape index (κ3) is 4.44. The number of nitrogens with zero attached hydrogens (tertiary/aromatic N) is 2. The van der Waals surface area contributed by atoms with Gasteiger partial charge in [0.05, 0.1) is 5.56 Å². The van der Waals surface area contributed by atoms with Crippen molar-refractivity contribution >= 4 is 29.2 Å². The summed E-state index contributed by atoms with van der Waals surface area (Å²) in [7, 11) is 0. The fourth-order valence-corrected chi connectivity index (χ4v) is 3.03. The third-order valence-corrected chi connectivity index (χ3v) is 4.59. The fraction of sp³-hybridized carbons (Fsp3) is 0.250. The number of anilines is 2. The van der Waals surface area contributed by atoms with Crippen molar-refractivity contribution in [3.63, 3.8) is 0 Å². The Kier molecular flexibility index (Phi) is 5.40. The van der Waals surface area contributed by atoms with E-state index in [9.17, 15) is 14.4 Å². The maximum Gasteiger partial charge on any atom is 0.335 e. The zero-order valence-electron chi connectivity index (χ0n) is 15.0. The van der Waals surface area contributed by atoms with Crippen molar-refractivity contribution in [2.45, 2.75) is 6.92 Å². The first kappa shape index (κ1) is 18.4. The number of carbonyl (C=O) groups excluding carboxylic acids is 2. The molecule has 0 saturated carbocycles. The minimum Gasteiger partial charge on any atom is -0.478 e. The average Bonchev–Trinajstić information content (AvgIpc) is 2.68. The number of amides is 2. The monoisotopic (exact) mass is 367 g/mol. The Hall–Kier alpha value is -3.35. The van der Waals surface area contributed by atoms with Crippen LogP contribution in [-0.2, 0) is 4.79 Å². The largest absolute Gasteiger partial charge is 0.478 e. The summed E-state index contributed by atoms with van der Waals surface area (Å²) in [6.07, 6.45) is 0. The average molecular weight is 367 g/mol. The van der Waals surface area contributed by atoms with Crippen molar-refractivity contribution < 1.29 is 19.5 Å². The second kappa shape index (κ2) is 7.90. The van der Waals surface area contributed by atoms with Gasteiger partial charge in [-0.15, -0.1) is 0 Å². The topological polar surface area (TPSA) is 90.0 Å². The van der Waals surface area contributed by atoms with Crippen LogP contribution in [0.2, 0.25) is 0 Å². The van der Waals surface area contributed by atoms with E-state index in [0.717, 1.165) is 18.8 Å². The molecule has 0 aromatic heterocycles. The van der Waals surface area contributed by atoms with Crippen LogP contribution in [0.25, 0.3) is 0 Å². The van der Waals surface area contributed by atoms with E-state index in [1.165, 1.54) is 24.3 Å². The molecule has 7 heteroatoms. The molecule has 140 valence electrons. The van der Waals surface area contributed by atoms with Crippen molar-refractivity contribution in [3.8, 4) is 0 Å². The molecule has 1 aliphatic rings. The molecule has 0 atom stereocenters. The molecule has 2 aromatic carbocycles. The first-order valence-electron chi connectivity index (χ1n) is 8.69. The van der Waals surface area contributed by atoms with Crippen LogP contribution in [0.4, 0.5) is 11.4 Å². The Morgan fingerprint density at radius 3 is 2.15 bits per heavy atom. The molecular weight excluding hydrogens is 346 g/mol. The molecule has 1 fully saturated rings. The molecule has 0 aliphatic carbocycles. The van der Waals surface area contributed by atoms with E-state index >= 15 is 0 Å². The van der Waals surface area contributed by atoms with Crippen molar-refractivity contribution in [3.05, 3.63) is 59.7 Å². The van der Waals surface area contributed by atoms with E-state index in [1.807, 2.05) is 23.1 Å². The molecule has 3 rings (SSSR count). The van der Waals surface area contributed by atoms with Gasteiger partial charge in [0.25, 0.3) is 5.91 Å². The van der Waals surface area contributed by atoms with Gasteiger partial charge in [0.1, 0.15) is 0 Å². The number of benzene rings is 2. The molecule has 7 nitrogen and oxygen atoms in total. The van der Waals surface area contributed by atoms with Crippen LogP contribution in [0, 0.1) is 0 Å². The first-order valence-corrected chi connectivity index (χ1v) is 8.69. The normalized spacial score (nSPS) is 14.0. The highest BCUT2D eigenvalue weighted by Gasteiger charge is 2.19. The summed E-state index contributed by atoms with van der Waals surface area (Å²) >= 11 is 0. The standard InChI is InChI=1S/C20H21N3O4/c1-14(24)22-9-11-23(12-10-22)18-4-2-3-17(13-18)21-19(25)15-5-7-16(8-6-15)20(26)27/h2-8,13H,9-12H2,1H3,(H,21,25)(H,26,27). The van der Waals surface area contributed by atoms with E-state index < -0.39 is 5.97 Å². The van der Waals surface area contributed by atoms with E-state index in [2.05, 4.69) is 10.2 Å². The third-order valence-electron chi connectivity index (χ3n) is 4.59. The predicted octanol–water partition coefficient (Wildman–Crippen LogP) is 2.31. The lowest BCUT2D eigenvalue weighted by Gasteiger charge is -2.35. The van der Waals surface area contributed by atoms with E-state index in [0.29, 0.717) is 24.3 Å². The molecule has 0 radical (unpaired) electrons. The molecule has 0 unspecified atom stereocenters. The molecule has 1 aliphatic heterocycles. The van der Waals surface area contributed by atoms with Crippen LogP contribution in [0.3, 0.4) is 0 Å². The zero-order chi connectivity index (χ0) is 19.4. The lowest BCUT2D eigenvalue weighted by atomic mass is 10.1. The number of carbonyl (C=O) groups is 3. The molecule has 27 heavy (non-hydrogen) atoms. The smallest absolute Gasteiger partial charge is 0.335 e. The van der Waals surface area contributed by atoms with E-state index in [1.54, 1.807) is 13.0 Å². The highest BCUT2D eigenvalue weighted by Crippen LogP contribution is 2.21. The minimum atomic E-state index is -1.03. The van der Waals surface area contributed by atoms with E-state index in [4.69, 9.17) is 5.11 Å². The number of rotatable bonds is 4. The first-order chi connectivity index (χ1) is 12.9. The number of carboxylic acids is 1. The summed E-state index contributed by atoms with van der Waals surface area (Å²) in [4.78, 5) is 38.7. The van der Waals surface area contributed by atoms with Crippen LogP contribution < -0.4 is 10.2 Å². The quantitative estimate of drug-likeness (QED) is 0.865. The molecule has 0 bridgehead atoms. The van der Waals surface area contributed by atoms with Crippen molar-refractivity contribution in [2.75, 3.05) is 36.4 Å². The lowest BCUT2D eigenvalue weighted by molar-refractivity contribution is -0.129. The number of carboxylic acid groups (broad SMARTS) is 1. The Balaban J connectivity index is 1.66. The number of hydrogen-bond donors (Lipinski definition) is 2. The maximum atomic E-state index is 12.4. The van der Waals surface area contributed by atoms with Crippen molar-refractivity contribution in [1.29, 1.82) is 0 Å². The van der Waals surface area contributed by atoms with Gasteiger partial charge in [0.15, 0.2) is 0 Å². The molecule has 1 heterocycles. The summed E-state index contributed by atoms with van der Waals surface area (Å²) in [5, 5.41) is 11.8. The van der Waals surface area contributed by atoms with Gasteiger partial charge in [-0.2, -0.15) is 0 Å². The number of nitrogens with one attached hydrogen (secondary N) is 1. The van der Waals surface area contributed by atoms with Gasteiger partial charge >= 0.3 is 5.97 Å². The SMILES string of the molecule is CC(=O)N1CCN(c2cccc(NC(=O)c3ccc(C(=O)O)cc3)c2)CC1. The molecular formula is C20H21N3O4. The second-order valence-corrected chi connectivity index (χ2v) is 6.38. The predicted molar refractivity (Wildman–Crippen MR) is 102 cm³/mol. The van der Waals surface area contributed by atoms with Crippen molar-refractivity contribution in [1.82, 2.24) is 4.90 Å². The number of aromatic carboxylic acids is 1. The summed E-state index contributed by atoms with van der Waals surface area (Å²) in [6, 6.07) is 13.3. The molecule has 1 saturated heterocycles. The molecule has 2 N–H and O–H groups in total. The molecule has 0 spiro atoms.